The minimum Gasteiger partial charge on any atom is -0.335 e. The molecule has 6 nitrogen and oxygen atoms in total. The van der Waals surface area contributed by atoms with Crippen LogP contribution in [0.4, 0.5) is 11.5 Å². The zero-order valence-corrected chi connectivity index (χ0v) is 12.7. The lowest BCUT2D eigenvalue weighted by Crippen LogP contribution is -2.12. The topological polar surface area (TPSA) is 60.0 Å². The molecule has 1 fully saturated rings. The van der Waals surface area contributed by atoms with Crippen molar-refractivity contribution < 1.29 is 0 Å². The molecule has 0 aliphatic heterocycles. The zero-order chi connectivity index (χ0) is 14.9. The van der Waals surface area contributed by atoms with Crippen LogP contribution in [0.1, 0.15) is 43.8 Å². The van der Waals surface area contributed by atoms with E-state index in [4.69, 9.17) is 0 Å². The Morgan fingerprint density at radius 3 is 2.86 bits per heavy atom. The number of imidazole rings is 1. The van der Waals surface area contributed by atoms with Crippen LogP contribution in [0.2, 0.25) is 0 Å². The standard InChI is InChI=1S/C16H20N6/c1-12-9-18-15(16-17-7-8-21(12)16)20-13-10-19-22(11-13)14-5-3-2-4-6-14/h7-11,14H,2-6H2,1H3,(H,18,20). The van der Waals surface area contributed by atoms with Gasteiger partial charge in [-0.25, -0.2) is 9.97 Å². The normalized spacial score (nSPS) is 16.2. The lowest BCUT2D eigenvalue weighted by Gasteiger charge is -2.21. The molecular formula is C16H20N6. The molecule has 0 radical (unpaired) electrons. The molecule has 0 unspecified atom stereocenters. The Bertz CT molecular complexity index is 781. The van der Waals surface area contributed by atoms with Crippen LogP contribution in [0, 0.1) is 6.92 Å². The van der Waals surface area contributed by atoms with E-state index in [-0.39, 0.29) is 0 Å². The Hall–Kier alpha value is -2.37. The largest absolute Gasteiger partial charge is 0.335 e. The lowest BCUT2D eigenvalue weighted by atomic mass is 9.96. The highest BCUT2D eigenvalue weighted by atomic mass is 15.3. The van der Waals surface area contributed by atoms with Gasteiger partial charge in [0.25, 0.3) is 0 Å². The summed E-state index contributed by atoms with van der Waals surface area (Å²) in [5, 5.41) is 7.86. The summed E-state index contributed by atoms with van der Waals surface area (Å²) in [6.45, 7) is 2.02. The summed E-state index contributed by atoms with van der Waals surface area (Å²) < 4.78 is 4.12. The molecule has 1 saturated carbocycles. The molecule has 1 N–H and O–H groups in total. The summed E-state index contributed by atoms with van der Waals surface area (Å²) in [6, 6.07) is 0.543. The van der Waals surface area contributed by atoms with Gasteiger partial charge in [-0.2, -0.15) is 5.10 Å². The molecule has 1 aliphatic carbocycles. The summed E-state index contributed by atoms with van der Waals surface area (Å²) in [6.07, 6.45) is 16.0. The second-order valence-electron chi connectivity index (χ2n) is 5.99. The van der Waals surface area contributed by atoms with Crippen molar-refractivity contribution in [3.05, 3.63) is 36.7 Å². The number of fused-ring (bicyclic) bond motifs is 1. The third-order valence-electron chi connectivity index (χ3n) is 4.43. The molecule has 3 heterocycles. The van der Waals surface area contributed by atoms with E-state index in [0.717, 1.165) is 22.8 Å². The van der Waals surface area contributed by atoms with Crippen molar-refractivity contribution >= 4 is 17.2 Å². The third-order valence-corrected chi connectivity index (χ3v) is 4.43. The number of hydrogen-bond acceptors (Lipinski definition) is 4. The first-order valence-electron chi connectivity index (χ1n) is 7.91. The van der Waals surface area contributed by atoms with Crippen molar-refractivity contribution in [2.45, 2.75) is 45.1 Å². The van der Waals surface area contributed by atoms with Crippen LogP contribution in [-0.2, 0) is 0 Å². The van der Waals surface area contributed by atoms with Crippen LogP contribution in [-0.4, -0.2) is 24.1 Å². The second-order valence-corrected chi connectivity index (χ2v) is 5.99. The summed E-state index contributed by atoms with van der Waals surface area (Å²) in [7, 11) is 0. The average Bonchev–Trinajstić information content (AvgIpc) is 3.21. The second kappa shape index (κ2) is 5.44. The van der Waals surface area contributed by atoms with Gasteiger partial charge in [0.2, 0.25) is 0 Å². The van der Waals surface area contributed by atoms with Crippen molar-refractivity contribution in [2.24, 2.45) is 0 Å². The van der Waals surface area contributed by atoms with E-state index in [0.29, 0.717) is 6.04 Å². The quantitative estimate of drug-likeness (QED) is 0.804. The first kappa shape index (κ1) is 13.3. The Labute approximate surface area is 129 Å². The first-order valence-corrected chi connectivity index (χ1v) is 7.91. The molecule has 0 atom stereocenters. The van der Waals surface area contributed by atoms with Gasteiger partial charge in [0, 0.05) is 30.5 Å². The number of nitrogens with one attached hydrogen (secondary N) is 1. The van der Waals surface area contributed by atoms with Gasteiger partial charge in [0.05, 0.1) is 17.9 Å². The SMILES string of the molecule is Cc1cnc(Nc2cnn(C3CCCCC3)c2)c2nccn12. The van der Waals surface area contributed by atoms with Gasteiger partial charge in [-0.3, -0.25) is 9.08 Å². The molecule has 1 aliphatic rings. The van der Waals surface area contributed by atoms with Gasteiger partial charge in [-0.1, -0.05) is 19.3 Å². The molecule has 0 aromatic carbocycles. The first-order chi connectivity index (χ1) is 10.8. The average molecular weight is 296 g/mol. The predicted molar refractivity (Wildman–Crippen MR) is 85.4 cm³/mol. The molecule has 0 amide bonds. The van der Waals surface area contributed by atoms with Crippen molar-refractivity contribution in [3.63, 3.8) is 0 Å². The van der Waals surface area contributed by atoms with Gasteiger partial charge in [0.1, 0.15) is 0 Å². The number of rotatable bonds is 3. The van der Waals surface area contributed by atoms with Crippen LogP contribution in [0.15, 0.2) is 31.0 Å². The fourth-order valence-electron chi connectivity index (χ4n) is 3.21. The third kappa shape index (κ3) is 2.34. The molecule has 6 heteroatoms. The highest BCUT2D eigenvalue weighted by molar-refractivity contribution is 5.69. The minimum atomic E-state index is 0.543. The Morgan fingerprint density at radius 2 is 2.00 bits per heavy atom. The van der Waals surface area contributed by atoms with Crippen molar-refractivity contribution in [3.8, 4) is 0 Å². The highest BCUT2D eigenvalue weighted by Crippen LogP contribution is 2.28. The van der Waals surface area contributed by atoms with E-state index in [1.54, 1.807) is 6.20 Å². The van der Waals surface area contributed by atoms with Crippen LogP contribution in [0.25, 0.3) is 5.65 Å². The molecule has 22 heavy (non-hydrogen) atoms. The lowest BCUT2D eigenvalue weighted by molar-refractivity contribution is 0.329. The predicted octanol–water partition coefficient (Wildman–Crippen LogP) is 3.48. The van der Waals surface area contributed by atoms with Crippen LogP contribution >= 0.6 is 0 Å². The smallest absolute Gasteiger partial charge is 0.180 e. The fourth-order valence-corrected chi connectivity index (χ4v) is 3.21. The minimum absolute atomic E-state index is 0.543. The highest BCUT2D eigenvalue weighted by Gasteiger charge is 2.16. The van der Waals surface area contributed by atoms with Crippen LogP contribution in [0.5, 0.6) is 0 Å². The Morgan fingerprint density at radius 1 is 1.14 bits per heavy atom. The Kier molecular flexibility index (Phi) is 3.29. The maximum atomic E-state index is 4.52. The van der Waals surface area contributed by atoms with Gasteiger partial charge in [-0.15, -0.1) is 0 Å². The van der Waals surface area contributed by atoms with E-state index in [1.165, 1.54) is 32.1 Å². The van der Waals surface area contributed by atoms with E-state index < -0.39 is 0 Å². The maximum Gasteiger partial charge on any atom is 0.180 e. The van der Waals surface area contributed by atoms with Gasteiger partial charge in [0.15, 0.2) is 11.5 Å². The van der Waals surface area contributed by atoms with E-state index in [1.807, 2.05) is 29.9 Å². The Balaban J connectivity index is 1.59. The molecule has 3 aromatic rings. The number of aromatic nitrogens is 5. The molecule has 0 saturated heterocycles. The van der Waals surface area contributed by atoms with Gasteiger partial charge < -0.3 is 5.32 Å². The number of anilines is 2. The summed E-state index contributed by atoms with van der Waals surface area (Å²) in [5.74, 6) is 0.763. The van der Waals surface area contributed by atoms with Gasteiger partial charge >= 0.3 is 0 Å². The van der Waals surface area contributed by atoms with E-state index in [9.17, 15) is 0 Å². The molecule has 0 bridgehead atoms. The molecule has 4 rings (SSSR count). The summed E-state index contributed by atoms with van der Waals surface area (Å²) >= 11 is 0. The van der Waals surface area contributed by atoms with Crippen LogP contribution in [0.3, 0.4) is 0 Å². The number of hydrogen-bond donors (Lipinski definition) is 1. The maximum absolute atomic E-state index is 4.52. The summed E-state index contributed by atoms with van der Waals surface area (Å²) in [5.41, 5.74) is 2.87. The van der Waals surface area contributed by atoms with Crippen molar-refractivity contribution in [1.82, 2.24) is 24.1 Å². The zero-order valence-electron chi connectivity index (χ0n) is 12.7. The monoisotopic (exact) mass is 296 g/mol. The number of nitrogens with zero attached hydrogens (tertiary/aromatic N) is 5. The van der Waals surface area contributed by atoms with E-state index in [2.05, 4.69) is 31.3 Å². The van der Waals surface area contributed by atoms with Gasteiger partial charge in [-0.05, 0) is 19.8 Å². The molecule has 114 valence electrons. The van der Waals surface area contributed by atoms with Crippen molar-refractivity contribution in [1.29, 1.82) is 0 Å². The molecule has 3 aromatic heterocycles. The van der Waals surface area contributed by atoms with Crippen LogP contribution < -0.4 is 5.32 Å². The molecular weight excluding hydrogens is 276 g/mol. The van der Waals surface area contributed by atoms with Crippen molar-refractivity contribution in [2.75, 3.05) is 5.32 Å². The fraction of sp³-hybridized carbons (Fsp3) is 0.438. The number of aryl methyl sites for hydroxylation is 1. The molecule has 0 spiro atoms. The van der Waals surface area contributed by atoms with E-state index >= 15 is 0 Å². The summed E-state index contributed by atoms with van der Waals surface area (Å²) in [4.78, 5) is 8.85.